The summed E-state index contributed by atoms with van der Waals surface area (Å²) < 4.78 is 5.25. The van der Waals surface area contributed by atoms with Crippen molar-refractivity contribution in [3.8, 4) is 5.75 Å². The Balaban J connectivity index is 1.42. The number of aliphatic hydroxyl groups excluding tert-OH is 1. The van der Waals surface area contributed by atoms with Gasteiger partial charge in [0.1, 0.15) is 11.9 Å². The summed E-state index contributed by atoms with van der Waals surface area (Å²) in [5, 5.41) is 14.2. The number of aliphatic hydroxyl groups is 1. The normalized spacial score (nSPS) is 18.7. The fourth-order valence-electron chi connectivity index (χ4n) is 4.73. The quantitative estimate of drug-likeness (QED) is 0.701. The third kappa shape index (κ3) is 4.99. The summed E-state index contributed by atoms with van der Waals surface area (Å²) >= 11 is 0. The standard InChI is InChI=1S/C24H31N3O3/c1-30-21-13-20(14-25-15-21)24(29)22(16-27-8-4-5-9-27)26-23(28)12-17-10-18-6-2-3-7-19(18)11-17/h2-3,6-7,13-15,17,22,24,29H,4-5,8-12,16H2,1H3,(H,26,28). The summed E-state index contributed by atoms with van der Waals surface area (Å²) in [4.78, 5) is 19.4. The highest BCUT2D eigenvalue weighted by molar-refractivity contribution is 5.77. The molecular formula is C24H31N3O3. The van der Waals surface area contributed by atoms with E-state index in [1.54, 1.807) is 25.6 Å². The van der Waals surface area contributed by atoms with Gasteiger partial charge < -0.3 is 20.1 Å². The molecular weight excluding hydrogens is 378 g/mol. The Hall–Kier alpha value is -2.44. The highest BCUT2D eigenvalue weighted by Crippen LogP contribution is 2.29. The van der Waals surface area contributed by atoms with Gasteiger partial charge in [-0.2, -0.15) is 0 Å². The van der Waals surface area contributed by atoms with Crippen LogP contribution >= 0.6 is 0 Å². The predicted molar refractivity (Wildman–Crippen MR) is 115 cm³/mol. The minimum Gasteiger partial charge on any atom is -0.495 e. The molecule has 2 heterocycles. The molecule has 1 aromatic carbocycles. The Morgan fingerprint density at radius 1 is 1.23 bits per heavy atom. The second-order valence-electron chi connectivity index (χ2n) is 8.53. The summed E-state index contributed by atoms with van der Waals surface area (Å²) in [5.74, 6) is 0.930. The first-order valence-corrected chi connectivity index (χ1v) is 10.9. The Morgan fingerprint density at radius 2 is 1.93 bits per heavy atom. The molecule has 2 aromatic rings. The number of ether oxygens (including phenoxy) is 1. The van der Waals surface area contributed by atoms with Crippen molar-refractivity contribution in [3.05, 3.63) is 59.4 Å². The van der Waals surface area contributed by atoms with Gasteiger partial charge in [0.15, 0.2) is 0 Å². The van der Waals surface area contributed by atoms with Crippen molar-refractivity contribution in [1.29, 1.82) is 0 Å². The molecule has 1 aliphatic carbocycles. The highest BCUT2D eigenvalue weighted by atomic mass is 16.5. The zero-order chi connectivity index (χ0) is 20.9. The van der Waals surface area contributed by atoms with E-state index in [0.717, 1.165) is 38.8 Å². The lowest BCUT2D eigenvalue weighted by Gasteiger charge is -2.29. The van der Waals surface area contributed by atoms with Gasteiger partial charge in [-0.3, -0.25) is 9.78 Å². The number of methoxy groups -OCH3 is 1. The third-order valence-electron chi connectivity index (χ3n) is 6.30. The van der Waals surface area contributed by atoms with Gasteiger partial charge in [-0.15, -0.1) is 0 Å². The van der Waals surface area contributed by atoms with Crippen molar-refractivity contribution in [2.24, 2.45) is 5.92 Å². The molecule has 4 rings (SSSR count). The predicted octanol–water partition coefficient (Wildman–Crippen LogP) is 2.51. The number of amides is 1. The van der Waals surface area contributed by atoms with Crippen LogP contribution in [0, 0.1) is 5.92 Å². The van der Waals surface area contributed by atoms with E-state index >= 15 is 0 Å². The van der Waals surface area contributed by atoms with Gasteiger partial charge in [-0.05, 0) is 61.9 Å². The lowest BCUT2D eigenvalue weighted by atomic mass is 9.99. The van der Waals surface area contributed by atoms with E-state index in [0.29, 0.717) is 30.2 Å². The zero-order valence-electron chi connectivity index (χ0n) is 17.6. The second kappa shape index (κ2) is 9.58. The maximum absolute atomic E-state index is 12.9. The summed E-state index contributed by atoms with van der Waals surface area (Å²) in [6.45, 7) is 2.65. The van der Waals surface area contributed by atoms with E-state index in [9.17, 15) is 9.90 Å². The van der Waals surface area contributed by atoms with Crippen LogP contribution in [0.2, 0.25) is 0 Å². The second-order valence-corrected chi connectivity index (χ2v) is 8.53. The van der Waals surface area contributed by atoms with Crippen LogP contribution in [-0.4, -0.2) is 53.7 Å². The molecule has 0 bridgehead atoms. The smallest absolute Gasteiger partial charge is 0.220 e. The molecule has 1 fully saturated rings. The SMILES string of the molecule is COc1cncc(C(O)C(CN2CCCC2)NC(=O)CC2Cc3ccccc3C2)c1. The molecule has 0 saturated carbocycles. The number of hydrogen-bond donors (Lipinski definition) is 2. The number of rotatable bonds is 8. The number of likely N-dealkylation sites (tertiary alicyclic amines) is 1. The minimum atomic E-state index is -0.835. The molecule has 6 nitrogen and oxygen atoms in total. The van der Waals surface area contributed by atoms with E-state index < -0.39 is 6.10 Å². The highest BCUT2D eigenvalue weighted by Gasteiger charge is 2.29. The van der Waals surface area contributed by atoms with Crippen LogP contribution in [0.25, 0.3) is 0 Å². The number of aromatic nitrogens is 1. The first kappa shape index (κ1) is 20.8. The number of pyridine rings is 1. The average molecular weight is 410 g/mol. The van der Waals surface area contributed by atoms with Crippen molar-refractivity contribution in [2.45, 2.75) is 44.2 Å². The Kier molecular flexibility index (Phi) is 6.65. The Bertz CT molecular complexity index is 841. The van der Waals surface area contributed by atoms with Crippen LogP contribution in [0.5, 0.6) is 5.75 Å². The van der Waals surface area contributed by atoms with Crippen LogP contribution in [0.15, 0.2) is 42.7 Å². The Morgan fingerprint density at radius 3 is 2.60 bits per heavy atom. The number of carbonyl (C=O) groups is 1. The van der Waals surface area contributed by atoms with E-state index in [1.165, 1.54) is 11.1 Å². The molecule has 1 amide bonds. The average Bonchev–Trinajstić information content (AvgIpc) is 3.41. The third-order valence-corrected chi connectivity index (χ3v) is 6.30. The number of benzene rings is 1. The molecule has 2 unspecified atom stereocenters. The maximum atomic E-state index is 12.9. The molecule has 2 aliphatic rings. The number of nitrogens with one attached hydrogen (secondary N) is 1. The molecule has 2 N–H and O–H groups in total. The van der Waals surface area contributed by atoms with Crippen molar-refractivity contribution >= 4 is 5.91 Å². The largest absolute Gasteiger partial charge is 0.495 e. The molecule has 30 heavy (non-hydrogen) atoms. The van der Waals surface area contributed by atoms with Crippen LogP contribution in [0.1, 0.15) is 42.1 Å². The van der Waals surface area contributed by atoms with Gasteiger partial charge in [0.25, 0.3) is 0 Å². The van der Waals surface area contributed by atoms with Gasteiger partial charge in [0.2, 0.25) is 5.91 Å². The number of carbonyl (C=O) groups excluding carboxylic acids is 1. The first-order chi connectivity index (χ1) is 14.6. The van der Waals surface area contributed by atoms with Crippen LogP contribution < -0.4 is 10.1 Å². The summed E-state index contributed by atoms with van der Waals surface area (Å²) in [6.07, 6.45) is 7.12. The monoisotopic (exact) mass is 409 g/mol. The van der Waals surface area contributed by atoms with E-state index in [2.05, 4.69) is 39.5 Å². The fourth-order valence-corrected chi connectivity index (χ4v) is 4.73. The molecule has 2 atom stereocenters. The molecule has 6 heteroatoms. The topological polar surface area (TPSA) is 74.7 Å². The molecule has 160 valence electrons. The van der Waals surface area contributed by atoms with Crippen LogP contribution in [-0.2, 0) is 17.6 Å². The summed E-state index contributed by atoms with van der Waals surface area (Å²) in [5.41, 5.74) is 3.37. The van der Waals surface area contributed by atoms with E-state index in [1.807, 2.05) is 0 Å². The lowest BCUT2D eigenvalue weighted by molar-refractivity contribution is -0.123. The van der Waals surface area contributed by atoms with Crippen LogP contribution in [0.3, 0.4) is 0 Å². The summed E-state index contributed by atoms with van der Waals surface area (Å²) in [7, 11) is 1.58. The van der Waals surface area contributed by atoms with Crippen molar-refractivity contribution in [1.82, 2.24) is 15.2 Å². The molecule has 1 aliphatic heterocycles. The molecule has 1 aromatic heterocycles. The van der Waals surface area contributed by atoms with Crippen LogP contribution in [0.4, 0.5) is 0 Å². The number of fused-ring (bicyclic) bond motifs is 1. The number of hydrogen-bond acceptors (Lipinski definition) is 5. The lowest BCUT2D eigenvalue weighted by Crippen LogP contribution is -2.47. The van der Waals surface area contributed by atoms with Gasteiger partial charge in [0.05, 0.1) is 19.3 Å². The van der Waals surface area contributed by atoms with Gasteiger partial charge in [0, 0.05) is 24.7 Å². The van der Waals surface area contributed by atoms with Crippen molar-refractivity contribution in [2.75, 3.05) is 26.7 Å². The maximum Gasteiger partial charge on any atom is 0.220 e. The number of nitrogens with zero attached hydrogens (tertiary/aromatic N) is 2. The minimum absolute atomic E-state index is 0.00640. The summed E-state index contributed by atoms with van der Waals surface area (Å²) in [6, 6.07) is 9.84. The van der Waals surface area contributed by atoms with E-state index in [-0.39, 0.29) is 11.9 Å². The van der Waals surface area contributed by atoms with Gasteiger partial charge in [-0.1, -0.05) is 24.3 Å². The molecule has 0 radical (unpaired) electrons. The van der Waals surface area contributed by atoms with Crippen molar-refractivity contribution in [3.63, 3.8) is 0 Å². The Labute approximate surface area is 178 Å². The van der Waals surface area contributed by atoms with Crippen molar-refractivity contribution < 1.29 is 14.6 Å². The molecule has 1 saturated heterocycles. The van der Waals surface area contributed by atoms with Gasteiger partial charge in [-0.25, -0.2) is 0 Å². The first-order valence-electron chi connectivity index (χ1n) is 10.9. The zero-order valence-corrected chi connectivity index (χ0v) is 17.6. The van der Waals surface area contributed by atoms with E-state index in [4.69, 9.17) is 4.74 Å². The van der Waals surface area contributed by atoms with Gasteiger partial charge >= 0.3 is 0 Å². The molecule has 0 spiro atoms. The fraction of sp³-hybridized carbons (Fsp3) is 0.500.